The first kappa shape index (κ1) is 18.2. The van der Waals surface area contributed by atoms with E-state index in [4.69, 9.17) is 20.4 Å². The molecule has 0 bridgehead atoms. The van der Waals surface area contributed by atoms with Gasteiger partial charge in [-0.1, -0.05) is 0 Å². The molecule has 0 radical (unpaired) electrons. The van der Waals surface area contributed by atoms with E-state index < -0.39 is 37.2 Å². The third-order valence-electron chi connectivity index (χ3n) is 1.64. The van der Waals surface area contributed by atoms with Crippen LogP contribution in [0.3, 0.4) is 0 Å². The number of rotatable bonds is 6. The van der Waals surface area contributed by atoms with Crippen molar-refractivity contribution in [1.29, 1.82) is 0 Å². The van der Waals surface area contributed by atoms with E-state index in [9.17, 15) is 14.7 Å². The van der Waals surface area contributed by atoms with Crippen molar-refractivity contribution in [2.24, 2.45) is 0 Å². The van der Waals surface area contributed by atoms with Crippen LogP contribution in [0, 0.1) is 0 Å². The van der Waals surface area contributed by atoms with Gasteiger partial charge in [-0.25, -0.2) is 4.79 Å². The van der Waals surface area contributed by atoms with Gasteiger partial charge in [0.2, 0.25) is 0 Å². The molecule has 0 aromatic rings. The molecule has 16 heavy (non-hydrogen) atoms. The summed E-state index contributed by atoms with van der Waals surface area (Å²) >= 11 is 0. The number of carbonyl (C=O) groups excluding carboxylic acids is 1. The van der Waals surface area contributed by atoms with Crippen molar-refractivity contribution in [1.82, 2.24) is 0 Å². The molecule has 4 atom stereocenters. The van der Waals surface area contributed by atoms with Crippen LogP contribution in [-0.4, -0.2) is 69.0 Å². The Labute approximate surface area is 114 Å². The number of ether oxygens (including phenoxy) is 1. The normalized spacial score (nSPS) is 17.5. The van der Waals surface area contributed by atoms with Crippen LogP contribution < -0.4 is 29.6 Å². The molecule has 0 unspecified atom stereocenters. The molecular formula is C7H13NaO8. The molecule has 0 rings (SSSR count). The minimum absolute atomic E-state index is 0. The van der Waals surface area contributed by atoms with Gasteiger partial charge >= 0.3 is 35.7 Å². The SMILES string of the molecule is O=C[C@H](OC(=O)O)[C@@H](O)[C@H](O)[C@H](O)CO.[H-].[Na+]. The minimum Gasteiger partial charge on any atom is -1.00 e. The number of aldehydes is 1. The topological polar surface area (TPSA) is 145 Å². The van der Waals surface area contributed by atoms with E-state index >= 15 is 0 Å². The largest absolute Gasteiger partial charge is 1.00 e. The van der Waals surface area contributed by atoms with E-state index in [2.05, 4.69) is 4.74 Å². The Morgan fingerprint density at radius 3 is 2.12 bits per heavy atom. The maximum atomic E-state index is 10.3. The van der Waals surface area contributed by atoms with Crippen LogP contribution in [0.4, 0.5) is 4.79 Å². The first-order chi connectivity index (χ1) is 6.93. The first-order valence-corrected chi connectivity index (χ1v) is 3.94. The minimum atomic E-state index is -1.94. The Morgan fingerprint density at radius 2 is 1.81 bits per heavy atom. The van der Waals surface area contributed by atoms with Gasteiger partial charge in [-0.3, -0.25) is 4.79 Å². The van der Waals surface area contributed by atoms with Crippen LogP contribution in [0.1, 0.15) is 1.43 Å². The molecule has 8 nitrogen and oxygen atoms in total. The molecule has 0 fully saturated rings. The molecule has 0 amide bonds. The number of carboxylic acid groups (broad SMARTS) is 1. The van der Waals surface area contributed by atoms with Crippen molar-refractivity contribution < 1.29 is 70.8 Å². The zero-order valence-corrected chi connectivity index (χ0v) is 10.6. The van der Waals surface area contributed by atoms with Crippen LogP contribution in [0.25, 0.3) is 0 Å². The average Bonchev–Trinajstić information content (AvgIpc) is 2.22. The molecule has 0 aliphatic rings. The Hall–Kier alpha value is -0.220. The summed E-state index contributed by atoms with van der Waals surface area (Å²) < 4.78 is 3.92. The fourth-order valence-electron chi connectivity index (χ4n) is 0.824. The summed E-state index contributed by atoms with van der Waals surface area (Å²) in [7, 11) is 0. The molecule has 0 aromatic heterocycles. The average molecular weight is 248 g/mol. The van der Waals surface area contributed by atoms with Crippen LogP contribution >= 0.6 is 0 Å². The predicted octanol–water partition coefficient (Wildman–Crippen LogP) is -5.56. The predicted molar refractivity (Wildman–Crippen MR) is 45.2 cm³/mol. The Kier molecular flexibility index (Phi) is 10.1. The quantitative estimate of drug-likeness (QED) is 0.178. The van der Waals surface area contributed by atoms with E-state index in [1.54, 1.807) is 0 Å². The molecule has 0 saturated heterocycles. The summed E-state index contributed by atoms with van der Waals surface area (Å²) in [6.45, 7) is -0.850. The Balaban J connectivity index is -0.000000980. The number of carbonyl (C=O) groups is 2. The van der Waals surface area contributed by atoms with Crippen molar-refractivity contribution in [2.75, 3.05) is 6.61 Å². The molecule has 0 saturated carbocycles. The fourth-order valence-corrected chi connectivity index (χ4v) is 0.824. The molecule has 0 spiro atoms. The van der Waals surface area contributed by atoms with Crippen molar-refractivity contribution in [3.8, 4) is 0 Å². The van der Waals surface area contributed by atoms with E-state index in [0.717, 1.165) is 0 Å². The fraction of sp³-hybridized carbons (Fsp3) is 0.714. The van der Waals surface area contributed by atoms with Crippen LogP contribution in [-0.2, 0) is 9.53 Å². The smallest absolute Gasteiger partial charge is 1.00 e. The number of aliphatic hydroxyl groups is 4. The number of hydrogen-bond acceptors (Lipinski definition) is 7. The molecular weight excluding hydrogens is 235 g/mol. The molecule has 0 aliphatic heterocycles. The van der Waals surface area contributed by atoms with Gasteiger partial charge in [0.1, 0.15) is 18.3 Å². The summed E-state index contributed by atoms with van der Waals surface area (Å²) in [5.74, 6) is 0. The second-order valence-electron chi connectivity index (χ2n) is 2.72. The van der Waals surface area contributed by atoms with E-state index in [-0.39, 0.29) is 37.3 Å². The van der Waals surface area contributed by atoms with E-state index in [0.29, 0.717) is 0 Å². The second kappa shape index (κ2) is 8.88. The number of aliphatic hydroxyl groups excluding tert-OH is 4. The van der Waals surface area contributed by atoms with Crippen LogP contribution in [0.2, 0.25) is 0 Å². The molecule has 5 N–H and O–H groups in total. The van der Waals surface area contributed by atoms with Crippen molar-refractivity contribution >= 4 is 12.4 Å². The van der Waals surface area contributed by atoms with Crippen molar-refractivity contribution in [2.45, 2.75) is 24.4 Å². The molecule has 0 aliphatic carbocycles. The van der Waals surface area contributed by atoms with E-state index in [1.165, 1.54) is 0 Å². The van der Waals surface area contributed by atoms with Gasteiger partial charge in [0.25, 0.3) is 0 Å². The molecule has 9 heteroatoms. The third kappa shape index (κ3) is 5.75. The van der Waals surface area contributed by atoms with Gasteiger partial charge in [-0.05, 0) is 0 Å². The van der Waals surface area contributed by atoms with Crippen molar-refractivity contribution in [3.63, 3.8) is 0 Å². The van der Waals surface area contributed by atoms with Gasteiger partial charge in [0, 0.05) is 0 Å². The first-order valence-electron chi connectivity index (χ1n) is 3.94. The molecule has 0 heterocycles. The molecule has 0 aromatic carbocycles. The number of hydrogen-bond donors (Lipinski definition) is 5. The summed E-state index contributed by atoms with van der Waals surface area (Å²) in [4.78, 5) is 20.3. The monoisotopic (exact) mass is 248 g/mol. The zero-order valence-electron chi connectivity index (χ0n) is 9.55. The van der Waals surface area contributed by atoms with Gasteiger partial charge in [-0.15, -0.1) is 0 Å². The molecule has 90 valence electrons. The van der Waals surface area contributed by atoms with Crippen LogP contribution in [0.15, 0.2) is 0 Å². The maximum Gasteiger partial charge on any atom is 1.00 e. The third-order valence-corrected chi connectivity index (χ3v) is 1.64. The maximum absolute atomic E-state index is 10.3. The zero-order chi connectivity index (χ0) is 12.0. The summed E-state index contributed by atoms with van der Waals surface area (Å²) in [5, 5.41) is 43.8. The summed E-state index contributed by atoms with van der Waals surface area (Å²) in [6.07, 6.45) is -9.19. The standard InChI is InChI=1S/C7H12O8.Na.H/c8-1-3(10)5(11)6(12)4(2-9)15-7(13)14;;/h2-6,8,10-12H,1H2,(H,13,14);;/q;+1;-1/t3-,4+,5-,6-;;/m1../s1. The summed E-state index contributed by atoms with van der Waals surface area (Å²) in [6, 6.07) is 0. The van der Waals surface area contributed by atoms with Gasteiger partial charge < -0.3 is 31.7 Å². The van der Waals surface area contributed by atoms with Gasteiger partial charge in [-0.2, -0.15) is 0 Å². The van der Waals surface area contributed by atoms with Gasteiger partial charge in [0.05, 0.1) is 6.61 Å². The van der Waals surface area contributed by atoms with Gasteiger partial charge in [0.15, 0.2) is 12.4 Å². The van der Waals surface area contributed by atoms with E-state index in [1.807, 2.05) is 0 Å². The van der Waals surface area contributed by atoms with Crippen molar-refractivity contribution in [3.05, 3.63) is 0 Å². The Morgan fingerprint density at radius 1 is 1.31 bits per heavy atom. The second-order valence-corrected chi connectivity index (χ2v) is 2.72. The Bertz CT molecular complexity index is 228. The summed E-state index contributed by atoms with van der Waals surface area (Å²) in [5.41, 5.74) is 0. The van der Waals surface area contributed by atoms with Crippen LogP contribution in [0.5, 0.6) is 0 Å².